The topological polar surface area (TPSA) is 21.6 Å². The summed E-state index contributed by atoms with van der Waals surface area (Å²) in [6, 6.07) is 8.44. The zero-order valence-corrected chi connectivity index (χ0v) is 10.3. The van der Waals surface area contributed by atoms with Gasteiger partial charge in [0.15, 0.2) is 0 Å². The monoisotopic (exact) mass is 219 g/mol. The highest BCUT2D eigenvalue weighted by molar-refractivity contribution is 5.56. The number of benzene rings is 1. The molecule has 0 aliphatic rings. The van der Waals surface area contributed by atoms with E-state index < -0.39 is 0 Å². The van der Waals surface area contributed by atoms with Crippen molar-refractivity contribution in [3.05, 3.63) is 35.4 Å². The van der Waals surface area contributed by atoms with E-state index in [1.165, 1.54) is 24.0 Å². The third-order valence-corrected chi connectivity index (χ3v) is 2.47. The molecule has 0 N–H and O–H groups in total. The molecule has 1 aromatic carbocycles. The molecule has 2 heteroatoms. The van der Waals surface area contributed by atoms with E-state index in [-0.39, 0.29) is 0 Å². The van der Waals surface area contributed by atoms with Gasteiger partial charge in [-0.1, -0.05) is 49.7 Å². The van der Waals surface area contributed by atoms with E-state index in [4.69, 9.17) is 4.84 Å². The molecule has 0 aromatic heterocycles. The Kier molecular flexibility index (Phi) is 6.31. The zero-order chi connectivity index (χ0) is 11.6. The van der Waals surface area contributed by atoms with Crippen LogP contribution in [0.15, 0.2) is 29.4 Å². The molecule has 0 aliphatic carbocycles. The van der Waals surface area contributed by atoms with E-state index in [2.05, 4.69) is 43.3 Å². The number of nitrogens with zero attached hydrogens (tertiary/aromatic N) is 1. The Morgan fingerprint density at radius 1 is 1.25 bits per heavy atom. The van der Waals surface area contributed by atoms with Crippen molar-refractivity contribution in [3.8, 4) is 0 Å². The van der Waals surface area contributed by atoms with Crippen LogP contribution in [0.2, 0.25) is 0 Å². The molecular formula is C14H21NO. The van der Waals surface area contributed by atoms with Gasteiger partial charge >= 0.3 is 0 Å². The summed E-state index contributed by atoms with van der Waals surface area (Å²) in [5.74, 6) is 0. The van der Waals surface area contributed by atoms with Crippen LogP contribution in [0.3, 0.4) is 0 Å². The first kappa shape index (κ1) is 12.8. The summed E-state index contributed by atoms with van der Waals surface area (Å²) in [5, 5.41) is 3.93. The van der Waals surface area contributed by atoms with E-state index in [0.717, 1.165) is 12.8 Å². The first-order chi connectivity index (χ1) is 7.86. The largest absolute Gasteiger partial charge is 0.391 e. The Balaban J connectivity index is 2.28. The predicted octanol–water partition coefficient (Wildman–Crippen LogP) is 3.94. The van der Waals surface area contributed by atoms with Crippen LogP contribution in [0.5, 0.6) is 0 Å². The van der Waals surface area contributed by atoms with Crippen LogP contribution in [-0.4, -0.2) is 6.21 Å². The lowest BCUT2D eigenvalue weighted by molar-refractivity contribution is 0.131. The van der Waals surface area contributed by atoms with Crippen LogP contribution in [0.4, 0.5) is 0 Å². The molecule has 0 saturated heterocycles. The van der Waals surface area contributed by atoms with Gasteiger partial charge in [0.2, 0.25) is 0 Å². The molecule has 0 saturated carbocycles. The van der Waals surface area contributed by atoms with Crippen LogP contribution in [-0.2, 0) is 17.9 Å². The highest BCUT2D eigenvalue weighted by Crippen LogP contribution is 2.07. The average Bonchev–Trinajstić information content (AvgIpc) is 2.34. The molecule has 1 rings (SSSR count). The molecule has 0 bridgehead atoms. The van der Waals surface area contributed by atoms with Gasteiger partial charge in [0, 0.05) is 6.21 Å². The lowest BCUT2D eigenvalue weighted by Crippen LogP contribution is -1.89. The minimum atomic E-state index is 0.566. The average molecular weight is 219 g/mol. The van der Waals surface area contributed by atoms with Crippen LogP contribution >= 0.6 is 0 Å². The fourth-order valence-electron chi connectivity index (χ4n) is 1.45. The van der Waals surface area contributed by atoms with Gasteiger partial charge in [-0.15, -0.1) is 0 Å². The van der Waals surface area contributed by atoms with Crippen LogP contribution < -0.4 is 0 Å². The smallest absolute Gasteiger partial charge is 0.142 e. The molecule has 0 heterocycles. The molecule has 0 amide bonds. The minimum absolute atomic E-state index is 0.566. The van der Waals surface area contributed by atoms with Crippen molar-refractivity contribution in [2.75, 3.05) is 0 Å². The van der Waals surface area contributed by atoms with Gasteiger partial charge in [-0.25, -0.2) is 0 Å². The number of aryl methyl sites for hydroxylation is 1. The zero-order valence-electron chi connectivity index (χ0n) is 10.3. The van der Waals surface area contributed by atoms with Crippen molar-refractivity contribution in [1.29, 1.82) is 0 Å². The molecule has 16 heavy (non-hydrogen) atoms. The molecular weight excluding hydrogens is 198 g/mol. The molecule has 0 aliphatic heterocycles. The Morgan fingerprint density at radius 3 is 2.81 bits per heavy atom. The quantitative estimate of drug-likeness (QED) is 0.386. The third-order valence-electron chi connectivity index (χ3n) is 2.47. The summed E-state index contributed by atoms with van der Waals surface area (Å²) in [5.41, 5.74) is 2.53. The highest BCUT2D eigenvalue weighted by Gasteiger charge is 1.94. The van der Waals surface area contributed by atoms with Gasteiger partial charge in [0.05, 0.1) is 0 Å². The second kappa shape index (κ2) is 7.91. The Labute approximate surface area is 98.3 Å². The summed E-state index contributed by atoms with van der Waals surface area (Å²) in [6.45, 7) is 4.89. The molecule has 0 atom stereocenters. The van der Waals surface area contributed by atoms with Crippen LogP contribution in [0.1, 0.15) is 44.2 Å². The van der Waals surface area contributed by atoms with Crippen molar-refractivity contribution in [3.63, 3.8) is 0 Å². The standard InChI is InChI=1S/C14H21NO/c1-3-5-6-10-15-16-12-14-9-7-8-13(4-2)11-14/h7-11H,3-6,12H2,1-2H3. The molecule has 0 radical (unpaired) electrons. The second-order valence-corrected chi connectivity index (χ2v) is 3.88. The van der Waals surface area contributed by atoms with Crippen molar-refractivity contribution in [2.45, 2.75) is 46.1 Å². The number of hydrogen-bond acceptors (Lipinski definition) is 2. The maximum atomic E-state index is 5.24. The van der Waals surface area contributed by atoms with Gasteiger partial charge in [-0.05, 0) is 30.4 Å². The summed E-state index contributed by atoms with van der Waals surface area (Å²) >= 11 is 0. The minimum Gasteiger partial charge on any atom is -0.391 e. The number of hydrogen-bond donors (Lipinski definition) is 0. The number of rotatable bonds is 7. The maximum Gasteiger partial charge on any atom is 0.142 e. The molecule has 0 fully saturated rings. The summed E-state index contributed by atoms with van der Waals surface area (Å²) in [7, 11) is 0. The van der Waals surface area contributed by atoms with Crippen molar-refractivity contribution in [1.82, 2.24) is 0 Å². The van der Waals surface area contributed by atoms with Gasteiger partial charge in [0.1, 0.15) is 6.61 Å². The van der Waals surface area contributed by atoms with Gasteiger partial charge in [-0.3, -0.25) is 0 Å². The highest BCUT2D eigenvalue weighted by atomic mass is 16.6. The first-order valence-corrected chi connectivity index (χ1v) is 6.08. The number of oxime groups is 1. The van der Waals surface area contributed by atoms with E-state index in [1.54, 1.807) is 0 Å². The molecule has 0 spiro atoms. The lowest BCUT2D eigenvalue weighted by Gasteiger charge is -2.02. The molecule has 88 valence electrons. The van der Waals surface area contributed by atoms with Gasteiger partial charge < -0.3 is 4.84 Å². The Hall–Kier alpha value is -1.31. The fraction of sp³-hybridized carbons (Fsp3) is 0.500. The predicted molar refractivity (Wildman–Crippen MR) is 68.6 cm³/mol. The molecule has 0 unspecified atom stereocenters. The fourth-order valence-corrected chi connectivity index (χ4v) is 1.45. The molecule has 1 aromatic rings. The molecule has 2 nitrogen and oxygen atoms in total. The van der Waals surface area contributed by atoms with Crippen molar-refractivity contribution >= 4 is 6.21 Å². The summed E-state index contributed by atoms with van der Waals surface area (Å²) < 4.78 is 0. The Bertz CT molecular complexity index is 320. The van der Waals surface area contributed by atoms with Crippen LogP contribution in [0, 0.1) is 0 Å². The van der Waals surface area contributed by atoms with E-state index in [1.807, 2.05) is 6.21 Å². The van der Waals surface area contributed by atoms with Gasteiger partial charge in [0.25, 0.3) is 0 Å². The van der Waals surface area contributed by atoms with E-state index >= 15 is 0 Å². The normalized spacial score (nSPS) is 10.9. The summed E-state index contributed by atoms with van der Waals surface area (Å²) in [4.78, 5) is 5.24. The van der Waals surface area contributed by atoms with E-state index in [0.29, 0.717) is 6.61 Å². The second-order valence-electron chi connectivity index (χ2n) is 3.88. The third kappa shape index (κ3) is 4.96. The Morgan fingerprint density at radius 2 is 2.06 bits per heavy atom. The lowest BCUT2D eigenvalue weighted by atomic mass is 10.1. The summed E-state index contributed by atoms with van der Waals surface area (Å²) in [6.07, 6.45) is 6.30. The number of unbranched alkanes of at least 4 members (excludes halogenated alkanes) is 2. The maximum absolute atomic E-state index is 5.24. The van der Waals surface area contributed by atoms with Crippen LogP contribution in [0.25, 0.3) is 0 Å². The van der Waals surface area contributed by atoms with Crippen molar-refractivity contribution < 1.29 is 4.84 Å². The SMILES string of the molecule is CCCCC=NOCc1cccc(CC)c1. The van der Waals surface area contributed by atoms with Gasteiger partial charge in [-0.2, -0.15) is 0 Å². The van der Waals surface area contributed by atoms with Crippen molar-refractivity contribution in [2.24, 2.45) is 5.16 Å². The first-order valence-electron chi connectivity index (χ1n) is 6.08. The van der Waals surface area contributed by atoms with E-state index in [9.17, 15) is 0 Å².